The molecule has 98 valence electrons. The van der Waals surface area contributed by atoms with Gasteiger partial charge >= 0.3 is 0 Å². The molecule has 0 aliphatic rings. The third-order valence-corrected chi connectivity index (χ3v) is 2.37. The largest absolute Gasteiger partial charge is 0.486 e. The van der Waals surface area contributed by atoms with Crippen LogP contribution < -0.4 is 9.47 Å². The fourth-order valence-electron chi connectivity index (χ4n) is 1.68. The molecular formula is C16H22O2. The van der Waals surface area contributed by atoms with E-state index < -0.39 is 0 Å². The Labute approximate surface area is 110 Å². The van der Waals surface area contributed by atoms with Crippen LogP contribution in [0.4, 0.5) is 0 Å². The van der Waals surface area contributed by atoms with Crippen LogP contribution >= 0.6 is 0 Å². The molecule has 0 aliphatic heterocycles. The summed E-state index contributed by atoms with van der Waals surface area (Å²) in [6.07, 6.45) is 4.48. The maximum Gasteiger partial charge on any atom is 0.161 e. The minimum absolute atomic E-state index is 0.480. The maximum atomic E-state index is 5.63. The van der Waals surface area contributed by atoms with E-state index in [0.717, 1.165) is 17.9 Å². The molecule has 0 saturated carbocycles. The molecule has 0 bridgehead atoms. The number of hydrogen-bond donors (Lipinski definition) is 0. The van der Waals surface area contributed by atoms with Gasteiger partial charge in [-0.15, -0.1) is 0 Å². The van der Waals surface area contributed by atoms with Crippen molar-refractivity contribution in [3.63, 3.8) is 0 Å². The Morgan fingerprint density at radius 1 is 1.06 bits per heavy atom. The summed E-state index contributed by atoms with van der Waals surface area (Å²) in [6.45, 7) is 12.7. The fourth-order valence-corrected chi connectivity index (χ4v) is 1.68. The minimum Gasteiger partial charge on any atom is -0.486 e. The van der Waals surface area contributed by atoms with E-state index in [1.165, 1.54) is 5.56 Å². The lowest BCUT2D eigenvalue weighted by Crippen LogP contribution is -2.01. The molecule has 0 radical (unpaired) electrons. The Bertz CT molecular complexity index is 394. The summed E-state index contributed by atoms with van der Waals surface area (Å²) < 4.78 is 11.2. The second-order valence-electron chi connectivity index (χ2n) is 4.58. The van der Waals surface area contributed by atoms with Gasteiger partial charge in [0.15, 0.2) is 11.5 Å². The van der Waals surface area contributed by atoms with Crippen molar-refractivity contribution in [2.45, 2.75) is 20.3 Å². The summed E-state index contributed by atoms with van der Waals surface area (Å²) in [4.78, 5) is 0. The van der Waals surface area contributed by atoms with Crippen molar-refractivity contribution in [3.05, 3.63) is 49.1 Å². The van der Waals surface area contributed by atoms with E-state index in [-0.39, 0.29) is 0 Å². The van der Waals surface area contributed by atoms with E-state index in [1.807, 2.05) is 12.1 Å². The highest BCUT2D eigenvalue weighted by atomic mass is 16.5. The van der Waals surface area contributed by atoms with E-state index in [0.29, 0.717) is 19.1 Å². The van der Waals surface area contributed by atoms with Crippen molar-refractivity contribution in [3.8, 4) is 11.5 Å². The highest BCUT2D eigenvalue weighted by Crippen LogP contribution is 2.29. The van der Waals surface area contributed by atoms with Crippen LogP contribution in [0.5, 0.6) is 11.5 Å². The van der Waals surface area contributed by atoms with Gasteiger partial charge in [-0.3, -0.25) is 0 Å². The first-order valence-corrected chi connectivity index (χ1v) is 6.27. The predicted molar refractivity (Wildman–Crippen MR) is 76.4 cm³/mol. The molecule has 18 heavy (non-hydrogen) atoms. The van der Waals surface area contributed by atoms with E-state index in [2.05, 4.69) is 33.1 Å². The van der Waals surface area contributed by atoms with Crippen LogP contribution in [0, 0.1) is 5.92 Å². The van der Waals surface area contributed by atoms with Crippen molar-refractivity contribution in [1.29, 1.82) is 0 Å². The number of ether oxygens (including phenoxy) is 2. The van der Waals surface area contributed by atoms with Crippen molar-refractivity contribution in [1.82, 2.24) is 0 Å². The van der Waals surface area contributed by atoms with Crippen LogP contribution in [0.25, 0.3) is 0 Å². The monoisotopic (exact) mass is 246 g/mol. The van der Waals surface area contributed by atoms with Crippen LogP contribution in [0.2, 0.25) is 0 Å². The first-order chi connectivity index (χ1) is 8.67. The minimum atomic E-state index is 0.480. The van der Waals surface area contributed by atoms with E-state index in [4.69, 9.17) is 9.47 Å². The molecule has 1 aromatic carbocycles. The van der Waals surface area contributed by atoms with Crippen LogP contribution in [-0.4, -0.2) is 13.2 Å². The molecule has 2 nitrogen and oxygen atoms in total. The van der Waals surface area contributed by atoms with Gasteiger partial charge in [-0.25, -0.2) is 0 Å². The lowest BCUT2D eigenvalue weighted by atomic mass is 10.0. The molecule has 0 saturated heterocycles. The Morgan fingerprint density at radius 3 is 2.22 bits per heavy atom. The second kappa shape index (κ2) is 7.59. The molecule has 0 N–H and O–H groups in total. The Balaban J connectivity index is 2.87. The Hall–Kier alpha value is -1.70. The average Bonchev–Trinajstić information content (AvgIpc) is 2.34. The number of hydrogen-bond acceptors (Lipinski definition) is 2. The smallest absolute Gasteiger partial charge is 0.161 e. The normalized spacial score (nSPS) is 10.2. The molecule has 1 rings (SSSR count). The molecule has 2 heteroatoms. The lowest BCUT2D eigenvalue weighted by molar-refractivity contribution is 0.308. The summed E-state index contributed by atoms with van der Waals surface area (Å²) >= 11 is 0. The topological polar surface area (TPSA) is 18.5 Å². The molecule has 0 fully saturated rings. The van der Waals surface area contributed by atoms with Crippen molar-refractivity contribution in [2.24, 2.45) is 5.92 Å². The summed E-state index contributed by atoms with van der Waals surface area (Å²) in [5, 5.41) is 0. The first kappa shape index (κ1) is 14.4. The van der Waals surface area contributed by atoms with Gasteiger partial charge < -0.3 is 9.47 Å². The molecule has 0 aliphatic carbocycles. The van der Waals surface area contributed by atoms with E-state index in [1.54, 1.807) is 12.2 Å². The molecular weight excluding hydrogens is 224 g/mol. The van der Waals surface area contributed by atoms with Crippen molar-refractivity contribution >= 4 is 0 Å². The lowest BCUT2D eigenvalue weighted by Gasteiger charge is -2.13. The van der Waals surface area contributed by atoms with Crippen LogP contribution in [0.15, 0.2) is 43.5 Å². The van der Waals surface area contributed by atoms with Crippen molar-refractivity contribution < 1.29 is 9.47 Å². The second-order valence-corrected chi connectivity index (χ2v) is 4.58. The third-order valence-electron chi connectivity index (χ3n) is 2.37. The molecule has 0 spiro atoms. The zero-order chi connectivity index (χ0) is 13.4. The summed E-state index contributed by atoms with van der Waals surface area (Å²) in [5.74, 6) is 2.15. The summed E-state index contributed by atoms with van der Waals surface area (Å²) in [6, 6.07) is 6.08. The zero-order valence-corrected chi connectivity index (χ0v) is 11.3. The SMILES string of the molecule is C=CCOc1ccc(CC(C)C)cc1OCC=C. The Kier molecular flexibility index (Phi) is 6.06. The van der Waals surface area contributed by atoms with Gasteiger partial charge in [0.1, 0.15) is 13.2 Å². The van der Waals surface area contributed by atoms with Gasteiger partial charge in [-0.1, -0.05) is 45.2 Å². The molecule has 0 heterocycles. The average molecular weight is 246 g/mol. The predicted octanol–water partition coefficient (Wildman–Crippen LogP) is 4.01. The van der Waals surface area contributed by atoms with Gasteiger partial charge in [0.05, 0.1) is 0 Å². The highest BCUT2D eigenvalue weighted by molar-refractivity contribution is 5.43. The first-order valence-electron chi connectivity index (χ1n) is 6.27. The summed E-state index contributed by atoms with van der Waals surface area (Å²) in [7, 11) is 0. The standard InChI is InChI=1S/C16H22O2/c1-5-9-17-15-8-7-14(11-13(3)4)12-16(15)18-10-6-2/h5-8,12-13H,1-2,9-11H2,3-4H3. The van der Waals surface area contributed by atoms with Crippen LogP contribution in [-0.2, 0) is 6.42 Å². The zero-order valence-electron chi connectivity index (χ0n) is 11.3. The van der Waals surface area contributed by atoms with Gasteiger partial charge in [0.2, 0.25) is 0 Å². The molecule has 1 aromatic rings. The Morgan fingerprint density at radius 2 is 1.67 bits per heavy atom. The van der Waals surface area contributed by atoms with Gasteiger partial charge in [0, 0.05) is 0 Å². The molecule has 0 unspecified atom stereocenters. The summed E-state index contributed by atoms with van der Waals surface area (Å²) in [5.41, 5.74) is 1.26. The molecule has 0 atom stereocenters. The van der Waals surface area contributed by atoms with E-state index in [9.17, 15) is 0 Å². The maximum absolute atomic E-state index is 5.63. The number of benzene rings is 1. The fraction of sp³-hybridized carbons (Fsp3) is 0.375. The highest BCUT2D eigenvalue weighted by Gasteiger charge is 2.07. The quantitative estimate of drug-likeness (QED) is 0.645. The van der Waals surface area contributed by atoms with Gasteiger partial charge in [-0.2, -0.15) is 0 Å². The third kappa shape index (κ3) is 4.66. The van der Waals surface area contributed by atoms with Crippen molar-refractivity contribution in [2.75, 3.05) is 13.2 Å². The van der Waals surface area contributed by atoms with Crippen LogP contribution in [0.3, 0.4) is 0 Å². The van der Waals surface area contributed by atoms with Crippen LogP contribution in [0.1, 0.15) is 19.4 Å². The van der Waals surface area contributed by atoms with E-state index >= 15 is 0 Å². The van der Waals surface area contributed by atoms with Gasteiger partial charge in [0.25, 0.3) is 0 Å². The number of rotatable bonds is 8. The molecule has 0 amide bonds. The molecule has 0 aromatic heterocycles. The van der Waals surface area contributed by atoms with Gasteiger partial charge in [-0.05, 0) is 30.0 Å².